The quantitative estimate of drug-likeness (QED) is 0.583. The number of carbonyl (C=O) groups excluding carboxylic acids is 1. The lowest BCUT2D eigenvalue weighted by Crippen LogP contribution is -2.34. The fourth-order valence-corrected chi connectivity index (χ4v) is 2.40. The van der Waals surface area contributed by atoms with E-state index in [9.17, 15) is 9.90 Å². The summed E-state index contributed by atoms with van der Waals surface area (Å²) in [5, 5.41) is 9.94. The van der Waals surface area contributed by atoms with Gasteiger partial charge in [0.1, 0.15) is 6.04 Å². The van der Waals surface area contributed by atoms with Gasteiger partial charge in [0.2, 0.25) is 0 Å². The maximum atomic E-state index is 11.7. The van der Waals surface area contributed by atoms with Crippen LogP contribution in [0.15, 0.2) is 0 Å². The number of nitrogens with zero attached hydrogens (tertiary/aromatic N) is 2. The number of carbonyl (C=O) groups is 1. The van der Waals surface area contributed by atoms with E-state index >= 15 is 0 Å². The molecule has 5 heteroatoms. The van der Waals surface area contributed by atoms with Crippen LogP contribution in [-0.2, 0) is 4.79 Å². The number of hydrogen-bond donors (Lipinski definition) is 1. The summed E-state index contributed by atoms with van der Waals surface area (Å²) >= 11 is 5.13. The van der Waals surface area contributed by atoms with Gasteiger partial charge in [-0.1, -0.05) is 0 Å². The van der Waals surface area contributed by atoms with E-state index in [2.05, 4.69) is 0 Å². The summed E-state index contributed by atoms with van der Waals surface area (Å²) in [6.07, 6.45) is 0.126. The van der Waals surface area contributed by atoms with E-state index in [4.69, 9.17) is 12.2 Å². The standard InChI is InChI=1S/C8H12N2O2S/c1-2-9-7(12)6-3-5(11)4-10(6)8(9)13/h5-6,11H,2-4H2,1H3/t5-,6?/m1/s1. The second-order valence-corrected chi connectivity index (χ2v) is 3.79. The van der Waals surface area contributed by atoms with Crippen molar-refractivity contribution in [3.8, 4) is 0 Å². The van der Waals surface area contributed by atoms with Gasteiger partial charge in [-0.05, 0) is 19.1 Å². The molecule has 1 N–H and O–H groups in total. The maximum absolute atomic E-state index is 11.7. The molecule has 0 aliphatic carbocycles. The second-order valence-electron chi connectivity index (χ2n) is 3.42. The van der Waals surface area contributed by atoms with Crippen molar-refractivity contribution in [1.29, 1.82) is 0 Å². The van der Waals surface area contributed by atoms with Crippen LogP contribution in [0.25, 0.3) is 0 Å². The van der Waals surface area contributed by atoms with Crippen LogP contribution in [-0.4, -0.2) is 51.2 Å². The SMILES string of the molecule is CCN1C(=O)C2C[C@@H](O)CN2C1=S. The molecule has 2 aliphatic rings. The summed E-state index contributed by atoms with van der Waals surface area (Å²) in [5.41, 5.74) is 0. The lowest BCUT2D eigenvalue weighted by atomic mass is 10.2. The van der Waals surface area contributed by atoms with Crippen LogP contribution in [0.3, 0.4) is 0 Å². The smallest absolute Gasteiger partial charge is 0.251 e. The molecule has 0 saturated carbocycles. The number of thiocarbonyl (C=S) groups is 1. The van der Waals surface area contributed by atoms with Crippen LogP contribution >= 0.6 is 12.2 Å². The highest BCUT2D eigenvalue weighted by atomic mass is 32.1. The van der Waals surface area contributed by atoms with Gasteiger partial charge < -0.3 is 10.0 Å². The Bertz CT molecular complexity index is 245. The first-order valence-electron chi connectivity index (χ1n) is 4.45. The molecule has 0 aromatic heterocycles. The molecule has 1 amide bonds. The zero-order valence-corrected chi connectivity index (χ0v) is 8.25. The second kappa shape index (κ2) is 2.92. The number of aliphatic hydroxyl groups excluding tert-OH is 1. The first-order valence-corrected chi connectivity index (χ1v) is 4.86. The molecule has 2 heterocycles. The Morgan fingerprint density at radius 1 is 1.69 bits per heavy atom. The number of amides is 1. The molecule has 2 fully saturated rings. The van der Waals surface area contributed by atoms with Gasteiger partial charge in [-0.15, -0.1) is 0 Å². The minimum absolute atomic E-state index is 0.0454. The predicted octanol–water partition coefficient (Wildman–Crippen LogP) is -0.431. The Hall–Kier alpha value is -0.680. The van der Waals surface area contributed by atoms with E-state index in [1.54, 1.807) is 4.90 Å². The average molecular weight is 200 g/mol. The molecule has 4 nitrogen and oxygen atoms in total. The van der Waals surface area contributed by atoms with Crippen molar-refractivity contribution in [3.63, 3.8) is 0 Å². The minimum Gasteiger partial charge on any atom is -0.391 e. The van der Waals surface area contributed by atoms with Gasteiger partial charge in [-0.25, -0.2) is 0 Å². The molecule has 13 heavy (non-hydrogen) atoms. The predicted molar refractivity (Wildman–Crippen MR) is 51.1 cm³/mol. The molecule has 72 valence electrons. The number of hydrogen-bond acceptors (Lipinski definition) is 3. The van der Waals surface area contributed by atoms with E-state index in [0.717, 1.165) is 0 Å². The highest BCUT2D eigenvalue weighted by Crippen LogP contribution is 2.27. The van der Waals surface area contributed by atoms with Crippen LogP contribution in [0.2, 0.25) is 0 Å². The van der Waals surface area contributed by atoms with Crippen LogP contribution in [0, 0.1) is 0 Å². The monoisotopic (exact) mass is 200 g/mol. The average Bonchev–Trinajstić information content (AvgIpc) is 2.55. The molecule has 2 rings (SSSR count). The Morgan fingerprint density at radius 2 is 2.38 bits per heavy atom. The third kappa shape index (κ3) is 1.14. The molecule has 0 aromatic carbocycles. The number of likely N-dealkylation sites (N-methyl/N-ethyl adjacent to an activating group) is 1. The number of aliphatic hydroxyl groups is 1. The van der Waals surface area contributed by atoms with Gasteiger partial charge >= 0.3 is 0 Å². The van der Waals surface area contributed by atoms with Crippen molar-refractivity contribution in [2.45, 2.75) is 25.5 Å². The zero-order valence-electron chi connectivity index (χ0n) is 7.43. The topological polar surface area (TPSA) is 43.8 Å². The van der Waals surface area contributed by atoms with Gasteiger partial charge in [-0.2, -0.15) is 0 Å². The number of fused-ring (bicyclic) bond motifs is 1. The molecule has 2 atom stereocenters. The molecule has 2 aliphatic heterocycles. The van der Waals surface area contributed by atoms with Crippen LogP contribution in [0.4, 0.5) is 0 Å². The normalized spacial score (nSPS) is 33.1. The summed E-state index contributed by atoms with van der Waals surface area (Å²) in [4.78, 5) is 15.1. The first-order chi connectivity index (χ1) is 6.15. The Labute approximate surface area is 82.1 Å². The maximum Gasteiger partial charge on any atom is 0.251 e. The first kappa shape index (κ1) is 8.90. The fraction of sp³-hybridized carbons (Fsp3) is 0.750. The van der Waals surface area contributed by atoms with Gasteiger partial charge in [-0.3, -0.25) is 9.69 Å². The summed E-state index contributed by atoms with van der Waals surface area (Å²) in [5.74, 6) is 0.0454. The van der Waals surface area contributed by atoms with Crippen molar-refractivity contribution in [2.24, 2.45) is 0 Å². The highest BCUT2D eigenvalue weighted by Gasteiger charge is 2.47. The Morgan fingerprint density at radius 3 is 2.92 bits per heavy atom. The van der Waals surface area contributed by atoms with Crippen LogP contribution in [0.5, 0.6) is 0 Å². The largest absolute Gasteiger partial charge is 0.391 e. The Balaban J connectivity index is 2.23. The fourth-order valence-electron chi connectivity index (χ4n) is 1.98. The van der Waals surface area contributed by atoms with Gasteiger partial charge in [0.25, 0.3) is 5.91 Å². The minimum atomic E-state index is -0.397. The van der Waals surface area contributed by atoms with Crippen molar-refractivity contribution in [2.75, 3.05) is 13.1 Å². The van der Waals surface area contributed by atoms with Crippen molar-refractivity contribution >= 4 is 23.2 Å². The van der Waals surface area contributed by atoms with Crippen molar-refractivity contribution in [3.05, 3.63) is 0 Å². The molecular weight excluding hydrogens is 188 g/mol. The molecule has 0 radical (unpaired) electrons. The third-order valence-electron chi connectivity index (χ3n) is 2.62. The Kier molecular flexibility index (Phi) is 2.00. The summed E-state index contributed by atoms with van der Waals surface area (Å²) in [7, 11) is 0. The van der Waals surface area contributed by atoms with E-state index < -0.39 is 6.10 Å². The van der Waals surface area contributed by atoms with Crippen molar-refractivity contribution in [1.82, 2.24) is 9.80 Å². The lowest BCUT2D eigenvalue weighted by Gasteiger charge is -2.17. The van der Waals surface area contributed by atoms with Gasteiger partial charge in [0.05, 0.1) is 6.10 Å². The highest BCUT2D eigenvalue weighted by molar-refractivity contribution is 7.80. The molecule has 0 bridgehead atoms. The molecular formula is C8H12N2O2S. The molecule has 0 spiro atoms. The summed E-state index contributed by atoms with van der Waals surface area (Å²) < 4.78 is 0. The van der Waals surface area contributed by atoms with Crippen LogP contribution in [0.1, 0.15) is 13.3 Å². The van der Waals surface area contributed by atoms with E-state index in [-0.39, 0.29) is 11.9 Å². The summed E-state index contributed by atoms with van der Waals surface area (Å²) in [6.45, 7) is 3.04. The van der Waals surface area contributed by atoms with E-state index in [0.29, 0.717) is 24.6 Å². The molecule has 1 unspecified atom stereocenters. The van der Waals surface area contributed by atoms with Crippen LogP contribution < -0.4 is 0 Å². The van der Waals surface area contributed by atoms with Gasteiger partial charge in [0, 0.05) is 19.5 Å². The lowest BCUT2D eigenvalue weighted by molar-refractivity contribution is -0.127. The van der Waals surface area contributed by atoms with E-state index in [1.807, 2.05) is 11.8 Å². The van der Waals surface area contributed by atoms with Crippen molar-refractivity contribution < 1.29 is 9.90 Å². The summed E-state index contributed by atoms with van der Waals surface area (Å²) in [6, 6.07) is -0.192. The third-order valence-corrected chi connectivity index (χ3v) is 3.08. The number of rotatable bonds is 1. The molecule has 0 aromatic rings. The van der Waals surface area contributed by atoms with Gasteiger partial charge in [0.15, 0.2) is 5.11 Å². The van der Waals surface area contributed by atoms with E-state index in [1.165, 1.54) is 0 Å². The molecule has 2 saturated heterocycles. The zero-order chi connectivity index (χ0) is 9.59.